The Hall–Kier alpha value is -2.63. The van der Waals surface area contributed by atoms with E-state index in [1.807, 2.05) is 0 Å². The van der Waals surface area contributed by atoms with Gasteiger partial charge in [-0.3, -0.25) is 10.1 Å². The van der Waals surface area contributed by atoms with E-state index in [-0.39, 0.29) is 17.5 Å². The molecule has 142 valence electrons. The Kier molecular flexibility index (Phi) is 6.08. The molecule has 0 N–H and O–H groups in total. The monoisotopic (exact) mass is 419 g/mol. The van der Waals surface area contributed by atoms with E-state index in [9.17, 15) is 27.9 Å². The number of aromatic nitrogens is 1. The third-order valence-electron chi connectivity index (χ3n) is 3.47. The second-order valence-electron chi connectivity index (χ2n) is 5.15. The molecule has 0 aliphatic carbocycles. The molecule has 1 aromatic heterocycles. The van der Waals surface area contributed by atoms with Crippen LogP contribution in [0.4, 0.5) is 18.9 Å². The molecule has 27 heavy (non-hydrogen) atoms. The van der Waals surface area contributed by atoms with Crippen LogP contribution in [0.2, 0.25) is 0 Å². The van der Waals surface area contributed by atoms with E-state index in [1.54, 1.807) is 13.0 Å². The van der Waals surface area contributed by atoms with Gasteiger partial charge in [0.25, 0.3) is 5.69 Å². The molecule has 0 saturated heterocycles. The highest BCUT2D eigenvalue weighted by atomic mass is 35.7. The van der Waals surface area contributed by atoms with Crippen LogP contribution < -0.4 is 10.0 Å². The van der Waals surface area contributed by atoms with Crippen molar-refractivity contribution in [1.82, 2.24) is 4.98 Å². The number of aryl methyl sites for hydroxylation is 1. The van der Waals surface area contributed by atoms with Crippen LogP contribution in [-0.4, -0.2) is 9.91 Å². The van der Waals surface area contributed by atoms with Crippen molar-refractivity contribution in [3.05, 3.63) is 51.2 Å². The number of benzene rings is 1. The van der Waals surface area contributed by atoms with Gasteiger partial charge < -0.3 is 9.30 Å². The molecule has 0 radical (unpaired) electrons. The molecule has 2 rings (SSSR count). The van der Waals surface area contributed by atoms with E-state index >= 15 is 0 Å². The van der Waals surface area contributed by atoms with Gasteiger partial charge in [0.05, 0.1) is 10.5 Å². The van der Waals surface area contributed by atoms with Gasteiger partial charge in [-0.15, -0.1) is 0 Å². The molecule has 1 unspecified atom stereocenters. The van der Waals surface area contributed by atoms with Gasteiger partial charge in [-0.2, -0.15) is 18.4 Å². The van der Waals surface area contributed by atoms with Gasteiger partial charge in [-0.05, 0) is 18.6 Å². The lowest BCUT2D eigenvalue weighted by molar-refractivity contribution is -0.383. The Balaban J connectivity index is 2.57. The molecule has 0 aliphatic rings. The number of alkyl halides is 3. The summed E-state index contributed by atoms with van der Waals surface area (Å²) >= 11 is 5.55. The lowest BCUT2D eigenvalue weighted by Crippen LogP contribution is -2.09. The Bertz CT molecular complexity index is 976. The van der Waals surface area contributed by atoms with Gasteiger partial charge in [0.15, 0.2) is 7.15 Å². The quantitative estimate of drug-likeness (QED) is 0.399. The average molecular weight is 420 g/mol. The van der Waals surface area contributed by atoms with Crippen LogP contribution in [0.15, 0.2) is 24.4 Å². The fraction of sp³-hybridized carbons (Fsp3) is 0.200. The van der Waals surface area contributed by atoms with E-state index in [0.29, 0.717) is 17.8 Å². The summed E-state index contributed by atoms with van der Waals surface area (Å²) in [6.07, 6.45) is -3.94. The van der Waals surface area contributed by atoms with Crippen LogP contribution in [0.25, 0.3) is 0 Å². The molecular formula is C15H10ClF3N3O4P. The third kappa shape index (κ3) is 4.56. The highest BCUT2D eigenvalue weighted by Gasteiger charge is 2.32. The van der Waals surface area contributed by atoms with Crippen molar-refractivity contribution in [3.63, 3.8) is 0 Å². The maximum atomic E-state index is 12.7. The van der Waals surface area contributed by atoms with Crippen molar-refractivity contribution in [2.24, 2.45) is 0 Å². The van der Waals surface area contributed by atoms with Gasteiger partial charge in [0.1, 0.15) is 22.7 Å². The van der Waals surface area contributed by atoms with Gasteiger partial charge >= 0.3 is 6.18 Å². The van der Waals surface area contributed by atoms with Crippen molar-refractivity contribution in [2.45, 2.75) is 19.5 Å². The molecular weight excluding hydrogens is 410 g/mol. The lowest BCUT2D eigenvalue weighted by atomic mass is 10.1. The highest BCUT2D eigenvalue weighted by Crippen LogP contribution is 2.37. The second-order valence-corrected chi connectivity index (χ2v) is 7.27. The number of hydrogen-bond donors (Lipinski definition) is 0. The normalized spacial score (nSPS) is 12.3. The van der Waals surface area contributed by atoms with Crippen molar-refractivity contribution in [2.75, 3.05) is 0 Å². The molecule has 2 aromatic rings. The molecule has 7 nitrogen and oxygen atoms in total. The number of rotatable bonds is 5. The number of ether oxygens (including phenoxy) is 1. The topological polar surface area (TPSA) is 106 Å². The largest absolute Gasteiger partial charge is 0.437 e. The van der Waals surface area contributed by atoms with Crippen molar-refractivity contribution < 1.29 is 27.4 Å². The van der Waals surface area contributed by atoms with Crippen molar-refractivity contribution in [3.8, 4) is 17.7 Å². The van der Waals surface area contributed by atoms with Gasteiger partial charge in [-0.1, -0.05) is 18.2 Å². The summed E-state index contributed by atoms with van der Waals surface area (Å²) in [5, 5.41) is 19.9. The predicted octanol–water partition coefficient (Wildman–Crippen LogP) is 4.57. The van der Waals surface area contributed by atoms with Gasteiger partial charge in [0.2, 0.25) is 5.88 Å². The summed E-state index contributed by atoms with van der Waals surface area (Å²) in [5.41, 5.74) is -1.77. The van der Waals surface area contributed by atoms with Crippen molar-refractivity contribution in [1.29, 1.82) is 5.26 Å². The first-order valence-corrected chi connectivity index (χ1v) is 9.66. The number of nitro benzene ring substituents is 1. The van der Waals surface area contributed by atoms with Crippen LogP contribution in [0, 0.1) is 21.4 Å². The maximum Gasteiger partial charge on any atom is 0.417 e. The molecule has 0 fully saturated rings. The van der Waals surface area contributed by atoms with Crippen LogP contribution in [0.1, 0.15) is 23.6 Å². The minimum absolute atomic E-state index is 0.0409. The number of halogens is 4. The fourth-order valence-electron chi connectivity index (χ4n) is 2.16. The molecule has 0 bridgehead atoms. The van der Waals surface area contributed by atoms with Crippen LogP contribution in [-0.2, 0) is 17.2 Å². The average Bonchev–Trinajstić information content (AvgIpc) is 2.60. The zero-order valence-corrected chi connectivity index (χ0v) is 15.3. The zero-order chi connectivity index (χ0) is 20.4. The molecule has 1 aromatic carbocycles. The molecule has 12 heteroatoms. The summed E-state index contributed by atoms with van der Waals surface area (Å²) in [6, 6.07) is 4.32. The van der Waals surface area contributed by atoms with E-state index in [1.165, 1.54) is 0 Å². The minimum Gasteiger partial charge on any atom is -0.437 e. The molecule has 1 atom stereocenters. The molecule has 0 saturated carbocycles. The van der Waals surface area contributed by atoms with Gasteiger partial charge in [0, 0.05) is 17.8 Å². The Morgan fingerprint density at radius 1 is 1.41 bits per heavy atom. The summed E-state index contributed by atoms with van der Waals surface area (Å²) < 4.78 is 55.3. The highest BCUT2D eigenvalue weighted by molar-refractivity contribution is 7.80. The Morgan fingerprint density at radius 3 is 2.56 bits per heavy atom. The Morgan fingerprint density at radius 2 is 2.07 bits per heavy atom. The van der Waals surface area contributed by atoms with E-state index in [0.717, 1.165) is 12.1 Å². The number of nitrogens with zero attached hydrogens (tertiary/aromatic N) is 3. The predicted molar refractivity (Wildman–Crippen MR) is 91.0 cm³/mol. The zero-order valence-electron chi connectivity index (χ0n) is 13.5. The summed E-state index contributed by atoms with van der Waals surface area (Å²) in [6.45, 7) is 1.65. The second kappa shape index (κ2) is 7.94. The third-order valence-corrected chi connectivity index (χ3v) is 4.91. The van der Waals surface area contributed by atoms with E-state index in [2.05, 4.69) is 4.98 Å². The molecule has 1 heterocycles. The Labute approximate surface area is 156 Å². The minimum atomic E-state index is -4.69. The van der Waals surface area contributed by atoms with Crippen LogP contribution in [0.5, 0.6) is 11.6 Å². The first-order valence-electron chi connectivity index (χ1n) is 7.24. The summed E-state index contributed by atoms with van der Waals surface area (Å²) in [4.78, 5) is 13.9. The maximum absolute atomic E-state index is 12.7. The number of hydrogen-bond acceptors (Lipinski definition) is 6. The van der Waals surface area contributed by atoms with E-state index in [4.69, 9.17) is 21.2 Å². The van der Waals surface area contributed by atoms with E-state index < -0.39 is 40.9 Å². The SMILES string of the molecule is CCc1cc([N+](=O)[O-])c([PH](=O)Cl)cc1Oc1ncc(C(F)(F)F)cc1C#N. The van der Waals surface area contributed by atoms with Gasteiger partial charge in [-0.25, -0.2) is 4.98 Å². The molecule has 0 spiro atoms. The fourth-order valence-corrected chi connectivity index (χ4v) is 3.23. The molecule has 0 amide bonds. The smallest absolute Gasteiger partial charge is 0.417 e. The van der Waals surface area contributed by atoms with Crippen LogP contribution in [0.3, 0.4) is 0 Å². The number of pyridine rings is 1. The first kappa shape index (κ1) is 20.7. The summed E-state index contributed by atoms with van der Waals surface area (Å²) in [7, 11) is -3.00. The molecule has 0 aliphatic heterocycles. The number of nitro groups is 1. The summed E-state index contributed by atoms with van der Waals surface area (Å²) in [5.74, 6) is -0.463. The lowest BCUT2D eigenvalue weighted by Gasteiger charge is -2.13. The number of nitriles is 1. The first-order chi connectivity index (χ1) is 12.6. The standard InChI is InChI=1S/C15H10ClF3N3O4P/c1-2-8-4-11(22(23)24)13(27(16)25)5-12(8)26-14-9(6-20)3-10(7-21-14)15(17,18)19/h3-5,7,27H,2H2,1H3. The van der Waals surface area contributed by atoms with Crippen molar-refractivity contribution >= 4 is 29.4 Å². The van der Waals surface area contributed by atoms with Crippen LogP contribution >= 0.6 is 18.4 Å².